The molecule has 42 heavy (non-hydrogen) atoms. The molecule has 7 rings (SSSR count). The van der Waals surface area contributed by atoms with E-state index in [-0.39, 0.29) is 23.1 Å². The van der Waals surface area contributed by atoms with Crippen LogP contribution in [0.1, 0.15) is 64.3 Å². The van der Waals surface area contributed by atoms with Crippen molar-refractivity contribution in [3.05, 3.63) is 75.7 Å². The van der Waals surface area contributed by atoms with Gasteiger partial charge in [0.2, 0.25) is 0 Å². The molecule has 2 aromatic heterocycles. The molecule has 4 aromatic rings. The zero-order valence-corrected chi connectivity index (χ0v) is 23.8. The van der Waals surface area contributed by atoms with Gasteiger partial charge < -0.3 is 23.9 Å². The molecular formula is C31H29FN4O5S. The molecule has 9 nitrogen and oxygen atoms in total. The lowest BCUT2D eigenvalue weighted by molar-refractivity contribution is -0.0712. The van der Waals surface area contributed by atoms with Crippen molar-refractivity contribution in [1.29, 1.82) is 5.26 Å². The minimum atomic E-state index is -1.33. The molecule has 0 saturated carbocycles. The summed E-state index contributed by atoms with van der Waals surface area (Å²) in [5, 5.41) is 18.6. The number of carboxylic acids is 1. The number of fused-ring (bicyclic) bond motifs is 2. The van der Waals surface area contributed by atoms with Crippen LogP contribution < -0.4 is 9.47 Å². The Balaban J connectivity index is 1.06. The van der Waals surface area contributed by atoms with Crippen molar-refractivity contribution >= 4 is 27.7 Å². The van der Waals surface area contributed by atoms with E-state index in [2.05, 4.69) is 15.5 Å². The third-order valence-electron chi connectivity index (χ3n) is 8.51. The van der Waals surface area contributed by atoms with E-state index < -0.39 is 17.6 Å². The fraction of sp³-hybridized carbons (Fsp3) is 0.387. The van der Waals surface area contributed by atoms with Crippen molar-refractivity contribution in [2.45, 2.75) is 57.1 Å². The van der Waals surface area contributed by atoms with Gasteiger partial charge in [0, 0.05) is 19.1 Å². The number of likely N-dealkylation sites (tertiary alicyclic amines) is 1. The second-order valence-corrected chi connectivity index (χ2v) is 12.2. The van der Waals surface area contributed by atoms with Crippen LogP contribution in [0.4, 0.5) is 4.39 Å². The number of imidazole rings is 1. The molecule has 2 fully saturated rings. The lowest BCUT2D eigenvalue weighted by Crippen LogP contribution is -2.35. The van der Waals surface area contributed by atoms with E-state index in [1.54, 1.807) is 25.1 Å². The average Bonchev–Trinajstić information content (AvgIpc) is 3.62. The number of rotatable bonds is 7. The Hall–Kier alpha value is -3.98. The molecule has 11 heteroatoms. The standard InChI is InChI=1S/C31H29FN4O5S/c1-31(22-6-5-18(15-33)13-23(22)32)40-25-4-2-3-21(28(25)41-31)19-7-10-35(11-8-19)17-27-34-29-24(14-26(42-29)30(37)38)36(27)16-20-9-12-39-20/h2-6,13-14,19-20H,7-12,16-17H2,1H3,(H,37,38)/t20-,31?/m0/s1. The Morgan fingerprint density at radius 2 is 2.02 bits per heavy atom. The molecule has 1 unspecified atom stereocenters. The van der Waals surface area contributed by atoms with E-state index in [0.717, 1.165) is 60.7 Å². The van der Waals surface area contributed by atoms with E-state index in [1.165, 1.54) is 17.4 Å². The molecule has 0 radical (unpaired) electrons. The van der Waals surface area contributed by atoms with Crippen LogP contribution >= 0.6 is 11.3 Å². The van der Waals surface area contributed by atoms with Crippen LogP contribution in [0.2, 0.25) is 0 Å². The largest absolute Gasteiger partial charge is 0.477 e. The predicted octanol–water partition coefficient (Wildman–Crippen LogP) is 5.62. The minimum absolute atomic E-state index is 0.130. The van der Waals surface area contributed by atoms with Crippen LogP contribution in [0.15, 0.2) is 42.5 Å². The van der Waals surface area contributed by atoms with Gasteiger partial charge >= 0.3 is 5.97 Å². The number of ether oxygens (including phenoxy) is 3. The zero-order valence-electron chi connectivity index (χ0n) is 23.0. The molecule has 0 aliphatic carbocycles. The van der Waals surface area contributed by atoms with Gasteiger partial charge in [0.25, 0.3) is 5.79 Å². The number of thiophene rings is 1. The normalized spacial score (nSPS) is 22.3. The molecule has 3 aliphatic rings. The van der Waals surface area contributed by atoms with E-state index in [1.807, 2.05) is 18.2 Å². The first-order chi connectivity index (χ1) is 20.3. The van der Waals surface area contributed by atoms with Gasteiger partial charge in [-0.15, -0.1) is 11.3 Å². The average molecular weight is 589 g/mol. The number of hydrogen-bond donors (Lipinski definition) is 1. The van der Waals surface area contributed by atoms with E-state index in [4.69, 9.17) is 24.5 Å². The van der Waals surface area contributed by atoms with Crippen LogP contribution in [0.5, 0.6) is 11.5 Å². The van der Waals surface area contributed by atoms with Gasteiger partial charge in [-0.2, -0.15) is 5.26 Å². The summed E-state index contributed by atoms with van der Waals surface area (Å²) in [7, 11) is 0. The van der Waals surface area contributed by atoms with Crippen molar-refractivity contribution in [2.75, 3.05) is 19.7 Å². The summed E-state index contributed by atoms with van der Waals surface area (Å²) in [6, 6.07) is 13.8. The Kier molecular flexibility index (Phi) is 6.65. The van der Waals surface area contributed by atoms with Crippen LogP contribution in [-0.2, 0) is 23.6 Å². The first kappa shape index (κ1) is 26.9. The first-order valence-corrected chi connectivity index (χ1v) is 14.9. The summed E-state index contributed by atoms with van der Waals surface area (Å²) in [5.74, 6) is -0.392. The van der Waals surface area contributed by atoms with Gasteiger partial charge in [0.1, 0.15) is 21.3 Å². The molecule has 2 atom stereocenters. The smallest absolute Gasteiger partial charge is 0.346 e. The summed E-state index contributed by atoms with van der Waals surface area (Å²) in [6.45, 7) is 5.52. The number of carboxylic acid groups (broad SMARTS) is 1. The highest BCUT2D eigenvalue weighted by Gasteiger charge is 2.43. The molecular weight excluding hydrogens is 559 g/mol. The Bertz CT molecular complexity index is 1730. The van der Waals surface area contributed by atoms with Crippen molar-refractivity contribution in [1.82, 2.24) is 14.5 Å². The monoisotopic (exact) mass is 588 g/mol. The predicted molar refractivity (Wildman–Crippen MR) is 152 cm³/mol. The maximum Gasteiger partial charge on any atom is 0.346 e. The molecule has 2 aromatic carbocycles. The number of carbonyl (C=O) groups is 1. The summed E-state index contributed by atoms with van der Waals surface area (Å²) < 4.78 is 35.2. The molecule has 216 valence electrons. The number of nitriles is 1. The lowest BCUT2D eigenvalue weighted by Gasteiger charge is -2.33. The zero-order chi connectivity index (χ0) is 29.0. The Morgan fingerprint density at radius 1 is 1.21 bits per heavy atom. The van der Waals surface area contributed by atoms with Gasteiger partial charge in [0.15, 0.2) is 11.5 Å². The van der Waals surface area contributed by atoms with Gasteiger partial charge in [-0.05, 0) is 68.6 Å². The minimum Gasteiger partial charge on any atom is -0.477 e. The fourth-order valence-corrected chi connectivity index (χ4v) is 7.05. The molecule has 2 saturated heterocycles. The van der Waals surface area contributed by atoms with Gasteiger partial charge in [-0.3, -0.25) is 4.90 Å². The Morgan fingerprint density at radius 3 is 2.71 bits per heavy atom. The van der Waals surface area contributed by atoms with Gasteiger partial charge in [-0.1, -0.05) is 12.1 Å². The number of benzene rings is 2. The quantitative estimate of drug-likeness (QED) is 0.296. The van der Waals surface area contributed by atoms with Crippen LogP contribution in [-0.4, -0.2) is 51.3 Å². The van der Waals surface area contributed by atoms with Crippen LogP contribution in [0.3, 0.4) is 0 Å². The number of halogens is 1. The highest BCUT2D eigenvalue weighted by atomic mass is 32.1. The highest BCUT2D eigenvalue weighted by Crippen LogP contribution is 2.49. The van der Waals surface area contributed by atoms with E-state index in [9.17, 15) is 14.3 Å². The van der Waals surface area contributed by atoms with Crippen molar-refractivity contribution in [2.24, 2.45) is 0 Å². The summed E-state index contributed by atoms with van der Waals surface area (Å²) in [6.07, 6.45) is 2.94. The van der Waals surface area contributed by atoms with Crippen molar-refractivity contribution in [3.63, 3.8) is 0 Å². The Labute approximate surface area is 245 Å². The number of aromatic carboxylic acids is 1. The van der Waals surface area contributed by atoms with Gasteiger partial charge in [-0.25, -0.2) is 14.2 Å². The third kappa shape index (κ3) is 4.69. The molecule has 0 bridgehead atoms. The van der Waals surface area contributed by atoms with Gasteiger partial charge in [0.05, 0.1) is 41.9 Å². The SMILES string of the molecule is CC1(c2ccc(C#N)cc2F)Oc2cccc(C3CCN(Cc4nc5sc(C(=O)O)cc5n4C[C@@H]4CCO4)CC3)c2O1. The van der Waals surface area contributed by atoms with Crippen molar-refractivity contribution < 1.29 is 28.5 Å². The number of piperidine rings is 1. The summed E-state index contributed by atoms with van der Waals surface area (Å²) >= 11 is 1.21. The molecule has 0 amide bonds. The van der Waals surface area contributed by atoms with E-state index >= 15 is 0 Å². The molecule has 3 aliphatic heterocycles. The molecule has 5 heterocycles. The highest BCUT2D eigenvalue weighted by molar-refractivity contribution is 7.20. The van der Waals surface area contributed by atoms with Crippen LogP contribution in [0, 0.1) is 17.1 Å². The second kappa shape index (κ2) is 10.4. The second-order valence-electron chi connectivity index (χ2n) is 11.2. The number of para-hydroxylation sites is 1. The van der Waals surface area contributed by atoms with E-state index in [0.29, 0.717) is 29.5 Å². The topological polar surface area (TPSA) is 110 Å². The number of hydrogen-bond acceptors (Lipinski definition) is 8. The fourth-order valence-electron chi connectivity index (χ4n) is 6.16. The first-order valence-electron chi connectivity index (χ1n) is 14.1. The third-order valence-corrected chi connectivity index (χ3v) is 9.51. The number of nitrogens with zero attached hydrogens (tertiary/aromatic N) is 4. The number of aromatic nitrogens is 2. The van der Waals surface area contributed by atoms with Crippen molar-refractivity contribution in [3.8, 4) is 17.6 Å². The summed E-state index contributed by atoms with van der Waals surface area (Å²) in [4.78, 5) is 19.8. The molecule has 1 N–H and O–H groups in total. The molecule has 0 spiro atoms. The lowest BCUT2D eigenvalue weighted by atomic mass is 9.88. The maximum absolute atomic E-state index is 14.9. The maximum atomic E-state index is 14.9. The summed E-state index contributed by atoms with van der Waals surface area (Å²) in [5.41, 5.74) is 2.40. The van der Waals surface area contributed by atoms with Crippen LogP contribution in [0.25, 0.3) is 10.3 Å².